The van der Waals surface area contributed by atoms with Gasteiger partial charge in [-0.15, -0.1) is 0 Å². The normalized spacial score (nSPS) is 10.5. The third-order valence-corrected chi connectivity index (χ3v) is 3.45. The fraction of sp³-hybridized carbons (Fsp3) is 0.0588. The summed E-state index contributed by atoms with van der Waals surface area (Å²) in [5.74, 6) is -0.534. The molecule has 3 aromatic rings. The van der Waals surface area contributed by atoms with Gasteiger partial charge in [0.15, 0.2) is 0 Å². The molecule has 2 aromatic carbocycles. The lowest BCUT2D eigenvalue weighted by molar-refractivity contribution is -0.385. The number of nitro benzene ring substituents is 1. The van der Waals surface area contributed by atoms with Crippen LogP contribution in [0.5, 0.6) is 0 Å². The Hall–Kier alpha value is -3.28. The fourth-order valence-electron chi connectivity index (χ4n) is 2.36. The van der Waals surface area contributed by atoms with Gasteiger partial charge >= 0.3 is 0 Å². The number of nitrogens with one attached hydrogen (secondary N) is 1. The van der Waals surface area contributed by atoms with Crippen LogP contribution in [0.2, 0.25) is 0 Å². The second-order valence-corrected chi connectivity index (χ2v) is 5.06. The van der Waals surface area contributed by atoms with Gasteiger partial charge in [-0.05, 0) is 25.1 Å². The number of fused-ring (bicyclic) bond motifs is 1. The lowest BCUT2D eigenvalue weighted by Gasteiger charge is -2.09. The Labute approximate surface area is 131 Å². The van der Waals surface area contributed by atoms with E-state index in [1.165, 1.54) is 18.2 Å². The van der Waals surface area contributed by atoms with Crippen LogP contribution in [0, 0.1) is 17.0 Å². The van der Waals surface area contributed by atoms with Crippen molar-refractivity contribution in [2.75, 3.05) is 5.32 Å². The molecule has 1 amide bonds. The number of hydrogen-bond acceptors (Lipinski definition) is 4. The average Bonchev–Trinajstić information content (AvgIpc) is 2.55. The van der Waals surface area contributed by atoms with Gasteiger partial charge in [-0.2, -0.15) is 0 Å². The van der Waals surface area contributed by atoms with E-state index >= 15 is 0 Å². The van der Waals surface area contributed by atoms with Crippen LogP contribution in [-0.2, 0) is 0 Å². The van der Waals surface area contributed by atoms with Crippen molar-refractivity contribution >= 4 is 28.2 Å². The summed E-state index contributed by atoms with van der Waals surface area (Å²) < 4.78 is 0. The zero-order chi connectivity index (χ0) is 16.4. The molecule has 0 radical (unpaired) electrons. The van der Waals surface area contributed by atoms with Crippen molar-refractivity contribution in [1.82, 2.24) is 4.98 Å². The molecule has 0 aliphatic rings. The number of anilines is 1. The molecule has 0 fully saturated rings. The van der Waals surface area contributed by atoms with Gasteiger partial charge in [0.25, 0.3) is 11.6 Å². The van der Waals surface area contributed by atoms with Crippen LogP contribution in [0.3, 0.4) is 0 Å². The van der Waals surface area contributed by atoms with Gasteiger partial charge in [-0.25, -0.2) is 0 Å². The minimum absolute atomic E-state index is 0.0159. The molecule has 0 spiro atoms. The van der Waals surface area contributed by atoms with Crippen molar-refractivity contribution < 1.29 is 9.72 Å². The lowest BCUT2D eigenvalue weighted by atomic mass is 10.1. The number of amides is 1. The molecule has 23 heavy (non-hydrogen) atoms. The van der Waals surface area contributed by atoms with E-state index in [2.05, 4.69) is 10.3 Å². The number of nitro groups is 1. The van der Waals surface area contributed by atoms with E-state index in [0.29, 0.717) is 11.2 Å². The molecule has 6 heteroatoms. The van der Waals surface area contributed by atoms with Gasteiger partial charge in [-0.3, -0.25) is 19.9 Å². The van der Waals surface area contributed by atoms with E-state index in [1.807, 2.05) is 25.1 Å². The van der Waals surface area contributed by atoms with E-state index < -0.39 is 10.8 Å². The number of benzene rings is 2. The summed E-state index contributed by atoms with van der Waals surface area (Å²) in [4.78, 5) is 27.3. The Morgan fingerprint density at radius 2 is 1.87 bits per heavy atom. The van der Waals surface area contributed by atoms with Crippen molar-refractivity contribution in [3.8, 4) is 0 Å². The number of hydrogen-bond donors (Lipinski definition) is 1. The Bertz CT molecular complexity index is 922. The number of pyridine rings is 1. The number of aromatic nitrogens is 1. The van der Waals surface area contributed by atoms with E-state index in [4.69, 9.17) is 0 Å². The minimum Gasteiger partial charge on any atom is -0.320 e. The predicted molar refractivity (Wildman–Crippen MR) is 87.5 cm³/mol. The minimum atomic E-state index is -0.569. The van der Waals surface area contributed by atoms with Crippen molar-refractivity contribution in [1.29, 1.82) is 0 Å². The molecule has 0 atom stereocenters. The van der Waals surface area contributed by atoms with Crippen LogP contribution in [0.4, 0.5) is 11.4 Å². The van der Waals surface area contributed by atoms with E-state index in [0.717, 1.165) is 11.1 Å². The first kappa shape index (κ1) is 14.6. The van der Waals surface area contributed by atoms with Crippen LogP contribution in [0.25, 0.3) is 10.9 Å². The SMILES string of the molecule is Cc1ccc2cccc(NC(=O)c3ccccc3[N+](=O)[O-])c2n1. The fourth-order valence-corrected chi connectivity index (χ4v) is 2.36. The highest BCUT2D eigenvalue weighted by Gasteiger charge is 2.19. The number of para-hydroxylation sites is 2. The Morgan fingerprint density at radius 3 is 2.65 bits per heavy atom. The zero-order valence-electron chi connectivity index (χ0n) is 12.3. The highest BCUT2D eigenvalue weighted by Crippen LogP contribution is 2.24. The van der Waals surface area contributed by atoms with Crippen LogP contribution < -0.4 is 5.32 Å². The molecule has 6 nitrogen and oxygen atoms in total. The van der Waals surface area contributed by atoms with Gasteiger partial charge in [0.05, 0.1) is 16.1 Å². The van der Waals surface area contributed by atoms with Crippen molar-refractivity contribution in [2.24, 2.45) is 0 Å². The van der Waals surface area contributed by atoms with E-state index in [1.54, 1.807) is 18.2 Å². The summed E-state index contributed by atoms with van der Waals surface area (Å²) in [6, 6.07) is 15.1. The third-order valence-electron chi connectivity index (χ3n) is 3.45. The first-order valence-corrected chi connectivity index (χ1v) is 6.97. The molecule has 1 aromatic heterocycles. The highest BCUT2D eigenvalue weighted by molar-refractivity contribution is 6.10. The summed E-state index contributed by atoms with van der Waals surface area (Å²) in [5, 5.41) is 14.7. The molecule has 114 valence electrons. The summed E-state index contributed by atoms with van der Waals surface area (Å²) in [5.41, 5.74) is 1.79. The first-order chi connectivity index (χ1) is 11.1. The molecule has 0 saturated carbocycles. The number of nitrogens with zero attached hydrogens (tertiary/aromatic N) is 2. The largest absolute Gasteiger partial charge is 0.320 e. The monoisotopic (exact) mass is 307 g/mol. The van der Waals surface area contributed by atoms with Crippen LogP contribution >= 0.6 is 0 Å². The lowest BCUT2D eigenvalue weighted by Crippen LogP contribution is -2.14. The smallest absolute Gasteiger partial charge is 0.282 e. The molecule has 1 N–H and O–H groups in total. The number of carbonyl (C=O) groups is 1. The van der Waals surface area contributed by atoms with Gasteiger partial charge < -0.3 is 5.32 Å². The molecule has 3 rings (SSSR count). The predicted octanol–water partition coefficient (Wildman–Crippen LogP) is 3.70. The number of rotatable bonds is 3. The van der Waals surface area contributed by atoms with Crippen molar-refractivity contribution in [2.45, 2.75) is 6.92 Å². The van der Waals surface area contributed by atoms with E-state index in [-0.39, 0.29) is 11.3 Å². The molecular weight excluding hydrogens is 294 g/mol. The molecule has 0 bridgehead atoms. The zero-order valence-corrected chi connectivity index (χ0v) is 12.3. The molecule has 0 saturated heterocycles. The van der Waals surface area contributed by atoms with Crippen LogP contribution in [0.1, 0.15) is 16.1 Å². The van der Waals surface area contributed by atoms with Gasteiger partial charge in [0.1, 0.15) is 5.56 Å². The second kappa shape index (κ2) is 5.84. The number of carbonyl (C=O) groups excluding carboxylic acids is 1. The Balaban J connectivity index is 2.01. The topological polar surface area (TPSA) is 85.1 Å². The summed E-state index contributed by atoms with van der Waals surface area (Å²) >= 11 is 0. The van der Waals surface area contributed by atoms with Crippen molar-refractivity contribution in [3.63, 3.8) is 0 Å². The third kappa shape index (κ3) is 2.87. The molecular formula is C17H13N3O3. The molecule has 0 unspecified atom stereocenters. The summed E-state index contributed by atoms with van der Waals surface area (Å²) in [6.07, 6.45) is 0. The summed E-state index contributed by atoms with van der Waals surface area (Å²) in [7, 11) is 0. The Morgan fingerprint density at radius 1 is 1.09 bits per heavy atom. The number of aryl methyl sites for hydroxylation is 1. The van der Waals surface area contributed by atoms with Gasteiger partial charge in [0, 0.05) is 17.1 Å². The van der Waals surface area contributed by atoms with Crippen LogP contribution in [0.15, 0.2) is 54.6 Å². The van der Waals surface area contributed by atoms with Gasteiger partial charge in [-0.1, -0.05) is 30.3 Å². The molecule has 1 heterocycles. The quantitative estimate of drug-likeness (QED) is 0.590. The maximum Gasteiger partial charge on any atom is 0.282 e. The average molecular weight is 307 g/mol. The Kier molecular flexibility index (Phi) is 3.72. The van der Waals surface area contributed by atoms with E-state index in [9.17, 15) is 14.9 Å². The van der Waals surface area contributed by atoms with Crippen LogP contribution in [-0.4, -0.2) is 15.8 Å². The van der Waals surface area contributed by atoms with Gasteiger partial charge in [0.2, 0.25) is 0 Å². The maximum absolute atomic E-state index is 12.4. The summed E-state index contributed by atoms with van der Waals surface area (Å²) in [6.45, 7) is 1.86. The van der Waals surface area contributed by atoms with Crippen molar-refractivity contribution in [3.05, 3.63) is 76.0 Å². The standard InChI is InChI=1S/C17H13N3O3/c1-11-9-10-12-5-4-7-14(16(12)18-11)19-17(21)13-6-2-3-8-15(13)20(22)23/h2-10H,1H3,(H,19,21). The second-order valence-electron chi connectivity index (χ2n) is 5.06. The molecule has 0 aliphatic heterocycles. The first-order valence-electron chi connectivity index (χ1n) is 6.97. The highest BCUT2D eigenvalue weighted by atomic mass is 16.6. The maximum atomic E-state index is 12.4. The molecule has 0 aliphatic carbocycles.